The van der Waals surface area contributed by atoms with Crippen LogP contribution in [0.15, 0.2) is 30.3 Å². The molecule has 9 heteroatoms. The van der Waals surface area contributed by atoms with Gasteiger partial charge in [0.1, 0.15) is 0 Å². The van der Waals surface area contributed by atoms with Gasteiger partial charge in [-0.3, -0.25) is 9.69 Å². The summed E-state index contributed by atoms with van der Waals surface area (Å²) in [6, 6.07) is 9.46. The van der Waals surface area contributed by atoms with Crippen LogP contribution in [0.25, 0.3) is 11.4 Å². The maximum absolute atomic E-state index is 12.0. The molecule has 2 N–H and O–H groups in total. The number of rotatable bonds is 4. The zero-order valence-electron chi connectivity index (χ0n) is 11.5. The topological polar surface area (TPSA) is 106 Å². The first-order valence-corrected chi connectivity index (χ1v) is 9.11. The highest BCUT2D eigenvalue weighted by atomic mass is 32.2. The summed E-state index contributed by atoms with van der Waals surface area (Å²) in [5, 5.41) is 5.53. The Morgan fingerprint density at radius 3 is 2.73 bits per heavy atom. The van der Waals surface area contributed by atoms with E-state index >= 15 is 0 Å². The number of hydrogen-bond acceptors (Lipinski definition) is 6. The van der Waals surface area contributed by atoms with Crippen LogP contribution in [0.4, 0.5) is 5.13 Å². The molecular formula is C13H14N4O3S2. The molecule has 0 spiro atoms. The quantitative estimate of drug-likeness (QED) is 0.889. The highest BCUT2D eigenvalue weighted by molar-refractivity contribution is 7.89. The van der Waals surface area contributed by atoms with E-state index in [2.05, 4.69) is 9.36 Å². The molecule has 1 aromatic heterocycles. The molecule has 1 saturated heterocycles. The van der Waals surface area contributed by atoms with Crippen molar-refractivity contribution < 1.29 is 13.2 Å². The third-order valence-electron chi connectivity index (χ3n) is 3.35. The lowest BCUT2D eigenvalue weighted by Gasteiger charge is -2.11. The maximum Gasteiger partial charge on any atom is 0.229 e. The van der Waals surface area contributed by atoms with Crippen LogP contribution in [0.3, 0.4) is 0 Å². The standard InChI is InChI=1S/C13H14N4O3S2/c14-22(19,20)8-9-6-11(18)17(7-9)13-15-12(16-21-13)10-4-2-1-3-5-10/h1-5,9H,6-8H2,(H2,14,19,20). The molecule has 0 radical (unpaired) electrons. The summed E-state index contributed by atoms with van der Waals surface area (Å²) in [5.41, 5.74) is 0.873. The largest absolute Gasteiger partial charge is 0.287 e. The molecule has 0 aliphatic carbocycles. The first-order chi connectivity index (χ1) is 10.4. The first-order valence-electron chi connectivity index (χ1n) is 6.62. The van der Waals surface area contributed by atoms with Gasteiger partial charge in [0, 0.05) is 36.0 Å². The molecule has 22 heavy (non-hydrogen) atoms. The Kier molecular flexibility index (Phi) is 3.94. The Morgan fingerprint density at radius 1 is 1.32 bits per heavy atom. The van der Waals surface area contributed by atoms with E-state index in [9.17, 15) is 13.2 Å². The Balaban J connectivity index is 1.78. The van der Waals surface area contributed by atoms with Crippen molar-refractivity contribution in [2.24, 2.45) is 11.1 Å². The summed E-state index contributed by atoms with van der Waals surface area (Å²) in [4.78, 5) is 17.9. The average Bonchev–Trinajstić information content (AvgIpc) is 3.05. The first kappa shape index (κ1) is 15.1. The van der Waals surface area contributed by atoms with E-state index in [0.717, 1.165) is 17.1 Å². The molecule has 0 bridgehead atoms. The smallest absolute Gasteiger partial charge is 0.229 e. The van der Waals surface area contributed by atoms with Gasteiger partial charge in [-0.05, 0) is 0 Å². The number of carbonyl (C=O) groups is 1. The van der Waals surface area contributed by atoms with E-state index in [1.54, 1.807) is 0 Å². The van der Waals surface area contributed by atoms with Gasteiger partial charge in [-0.15, -0.1) is 0 Å². The molecule has 2 aromatic rings. The minimum atomic E-state index is -3.59. The molecule has 7 nitrogen and oxygen atoms in total. The fourth-order valence-electron chi connectivity index (χ4n) is 2.44. The second-order valence-corrected chi connectivity index (χ2v) is 7.56. The van der Waals surface area contributed by atoms with Gasteiger partial charge < -0.3 is 0 Å². The van der Waals surface area contributed by atoms with Crippen molar-refractivity contribution in [3.8, 4) is 11.4 Å². The van der Waals surface area contributed by atoms with Crippen molar-refractivity contribution in [3.63, 3.8) is 0 Å². The normalized spacial score (nSPS) is 18.9. The van der Waals surface area contributed by atoms with E-state index in [4.69, 9.17) is 5.14 Å². The minimum absolute atomic E-state index is 0.149. The number of nitrogens with zero attached hydrogens (tertiary/aromatic N) is 3. The maximum atomic E-state index is 12.0. The van der Waals surface area contributed by atoms with Crippen LogP contribution < -0.4 is 10.0 Å². The Morgan fingerprint density at radius 2 is 2.05 bits per heavy atom. The van der Waals surface area contributed by atoms with Gasteiger partial charge >= 0.3 is 0 Å². The molecule has 3 rings (SSSR count). The molecule has 1 aliphatic rings. The van der Waals surface area contributed by atoms with Gasteiger partial charge in [-0.1, -0.05) is 30.3 Å². The number of aromatic nitrogens is 2. The molecule has 2 heterocycles. The third-order valence-corrected chi connectivity index (χ3v) is 5.03. The zero-order valence-corrected chi connectivity index (χ0v) is 13.2. The van der Waals surface area contributed by atoms with Crippen molar-refractivity contribution >= 4 is 32.6 Å². The highest BCUT2D eigenvalue weighted by Crippen LogP contribution is 2.29. The third kappa shape index (κ3) is 3.32. The van der Waals surface area contributed by atoms with Gasteiger partial charge in [-0.25, -0.2) is 13.6 Å². The van der Waals surface area contributed by atoms with Crippen LogP contribution in [-0.4, -0.2) is 36.0 Å². The molecule has 116 valence electrons. The van der Waals surface area contributed by atoms with Crippen molar-refractivity contribution in [2.75, 3.05) is 17.2 Å². The molecule has 1 aliphatic heterocycles. The number of anilines is 1. The monoisotopic (exact) mass is 338 g/mol. The molecule has 1 amide bonds. The predicted octanol–water partition coefficient (Wildman–Crippen LogP) is 0.847. The minimum Gasteiger partial charge on any atom is -0.287 e. The Hall–Kier alpha value is -1.84. The van der Waals surface area contributed by atoms with E-state index < -0.39 is 10.0 Å². The number of nitrogens with two attached hydrogens (primary N) is 1. The molecule has 1 aromatic carbocycles. The van der Waals surface area contributed by atoms with Crippen LogP contribution in [0, 0.1) is 5.92 Å². The van der Waals surface area contributed by atoms with Gasteiger partial charge in [0.05, 0.1) is 5.75 Å². The lowest BCUT2D eigenvalue weighted by molar-refractivity contribution is -0.117. The second kappa shape index (κ2) is 5.75. The van der Waals surface area contributed by atoms with Gasteiger partial charge in [0.15, 0.2) is 5.82 Å². The van der Waals surface area contributed by atoms with Gasteiger partial charge in [-0.2, -0.15) is 9.36 Å². The summed E-state index contributed by atoms with van der Waals surface area (Å²) in [6.45, 7) is 0.304. The van der Waals surface area contributed by atoms with Crippen molar-refractivity contribution in [1.82, 2.24) is 9.36 Å². The van der Waals surface area contributed by atoms with Gasteiger partial charge in [0.2, 0.25) is 21.1 Å². The number of benzene rings is 1. The van der Waals surface area contributed by atoms with E-state index in [1.165, 1.54) is 4.90 Å². The second-order valence-electron chi connectivity index (χ2n) is 5.17. The summed E-state index contributed by atoms with van der Waals surface area (Å²) in [5.74, 6) is -0.0844. The fraction of sp³-hybridized carbons (Fsp3) is 0.308. The molecule has 1 unspecified atom stereocenters. The van der Waals surface area contributed by atoms with Crippen LogP contribution >= 0.6 is 11.5 Å². The number of hydrogen-bond donors (Lipinski definition) is 1. The van der Waals surface area contributed by atoms with Crippen LogP contribution in [0.1, 0.15) is 6.42 Å². The fourth-order valence-corrected chi connectivity index (χ4v) is 4.03. The predicted molar refractivity (Wildman–Crippen MR) is 83.8 cm³/mol. The number of amides is 1. The summed E-state index contributed by atoms with van der Waals surface area (Å²) in [6.07, 6.45) is 0.163. The Bertz CT molecular complexity index is 789. The molecular weight excluding hydrogens is 324 g/mol. The van der Waals surface area contributed by atoms with E-state index in [-0.39, 0.29) is 24.0 Å². The van der Waals surface area contributed by atoms with E-state index in [1.807, 2.05) is 30.3 Å². The van der Waals surface area contributed by atoms with Crippen molar-refractivity contribution in [1.29, 1.82) is 0 Å². The van der Waals surface area contributed by atoms with E-state index in [0.29, 0.717) is 17.5 Å². The Labute approximate surface area is 132 Å². The van der Waals surface area contributed by atoms with Crippen LogP contribution in [0.2, 0.25) is 0 Å². The molecule has 1 atom stereocenters. The summed E-state index contributed by atoms with van der Waals surface area (Å²) >= 11 is 1.13. The average molecular weight is 338 g/mol. The van der Waals surface area contributed by atoms with Crippen molar-refractivity contribution in [3.05, 3.63) is 30.3 Å². The van der Waals surface area contributed by atoms with Crippen LogP contribution in [0.5, 0.6) is 0 Å². The zero-order chi connectivity index (χ0) is 15.7. The highest BCUT2D eigenvalue weighted by Gasteiger charge is 2.34. The summed E-state index contributed by atoms with van der Waals surface area (Å²) < 4.78 is 26.6. The number of primary sulfonamides is 1. The van der Waals surface area contributed by atoms with Gasteiger partial charge in [0.25, 0.3) is 0 Å². The van der Waals surface area contributed by atoms with Crippen LogP contribution in [-0.2, 0) is 14.8 Å². The lowest BCUT2D eigenvalue weighted by atomic mass is 10.1. The number of carbonyl (C=O) groups excluding carboxylic acids is 1. The van der Waals surface area contributed by atoms with Crippen molar-refractivity contribution in [2.45, 2.75) is 6.42 Å². The number of sulfonamides is 1. The molecule has 0 saturated carbocycles. The SMILES string of the molecule is NS(=O)(=O)CC1CC(=O)N(c2nc(-c3ccccc3)ns2)C1. The lowest BCUT2D eigenvalue weighted by Crippen LogP contribution is -2.27. The summed E-state index contributed by atoms with van der Waals surface area (Å²) in [7, 11) is -3.59. The molecule has 1 fully saturated rings.